The summed E-state index contributed by atoms with van der Waals surface area (Å²) in [6, 6.07) is 13.6. The van der Waals surface area contributed by atoms with Crippen LogP contribution in [0.4, 0.5) is 0 Å². The number of carbonyl (C=O) groups is 2. The van der Waals surface area contributed by atoms with E-state index < -0.39 is 6.10 Å². The van der Waals surface area contributed by atoms with E-state index in [9.17, 15) is 14.7 Å². The van der Waals surface area contributed by atoms with Crippen molar-refractivity contribution in [3.05, 3.63) is 59.1 Å². The van der Waals surface area contributed by atoms with Crippen LogP contribution in [0.25, 0.3) is 0 Å². The molecule has 1 heterocycles. The molecule has 1 atom stereocenters. The van der Waals surface area contributed by atoms with E-state index in [0.717, 1.165) is 5.56 Å². The maximum absolute atomic E-state index is 12.6. The molecular weight excluding hydrogens is 392 g/mol. The quantitative estimate of drug-likeness (QED) is 0.758. The van der Waals surface area contributed by atoms with Crippen LogP contribution in [-0.2, 0) is 16.0 Å². The average molecular weight is 417 g/mol. The molecule has 3 rings (SSSR count). The Labute approximate surface area is 175 Å². The highest BCUT2D eigenvalue weighted by atomic mass is 35.5. The summed E-state index contributed by atoms with van der Waals surface area (Å²) >= 11 is 5.87. The summed E-state index contributed by atoms with van der Waals surface area (Å²) in [4.78, 5) is 26.6. The third-order valence-corrected chi connectivity index (χ3v) is 5.20. The van der Waals surface area contributed by atoms with Crippen molar-refractivity contribution in [1.29, 1.82) is 0 Å². The molecule has 2 N–H and O–H groups in total. The Bertz CT molecular complexity index is 831. The number of carbonyl (C=O) groups excluding carboxylic acids is 2. The molecule has 154 valence electrons. The van der Waals surface area contributed by atoms with Crippen molar-refractivity contribution in [1.82, 2.24) is 10.2 Å². The highest BCUT2D eigenvalue weighted by Crippen LogP contribution is 2.19. The van der Waals surface area contributed by atoms with Gasteiger partial charge in [-0.3, -0.25) is 9.59 Å². The molecule has 2 amide bonds. The van der Waals surface area contributed by atoms with E-state index in [-0.39, 0.29) is 23.6 Å². The molecule has 29 heavy (non-hydrogen) atoms. The molecule has 1 unspecified atom stereocenters. The van der Waals surface area contributed by atoms with Gasteiger partial charge in [-0.15, -0.1) is 0 Å². The Kier molecular flexibility index (Phi) is 6.99. The smallest absolute Gasteiger partial charge is 0.263 e. The number of ether oxygens (including phenoxy) is 1. The zero-order valence-electron chi connectivity index (χ0n) is 16.3. The number of piperidine rings is 1. The molecule has 2 aromatic rings. The first kappa shape index (κ1) is 21.0. The zero-order valence-corrected chi connectivity index (χ0v) is 17.1. The summed E-state index contributed by atoms with van der Waals surface area (Å²) in [6.07, 6.45) is 1.12. The van der Waals surface area contributed by atoms with Crippen LogP contribution < -0.4 is 10.1 Å². The number of benzene rings is 2. The van der Waals surface area contributed by atoms with E-state index in [4.69, 9.17) is 16.3 Å². The molecule has 6 nitrogen and oxygen atoms in total. The normalized spacial score (nSPS) is 15.6. The van der Waals surface area contributed by atoms with E-state index in [1.54, 1.807) is 36.1 Å². The van der Waals surface area contributed by atoms with Crippen LogP contribution in [0.1, 0.15) is 25.3 Å². The van der Waals surface area contributed by atoms with E-state index in [1.807, 2.05) is 12.1 Å². The number of rotatable bonds is 6. The summed E-state index contributed by atoms with van der Waals surface area (Å²) in [7, 11) is 0. The fourth-order valence-corrected chi connectivity index (χ4v) is 3.47. The van der Waals surface area contributed by atoms with Crippen molar-refractivity contribution in [3.8, 4) is 11.5 Å². The molecule has 0 radical (unpaired) electrons. The molecule has 1 saturated heterocycles. The fourth-order valence-electron chi connectivity index (χ4n) is 3.35. The van der Waals surface area contributed by atoms with Crippen LogP contribution in [0.15, 0.2) is 48.5 Å². The van der Waals surface area contributed by atoms with Crippen LogP contribution >= 0.6 is 11.6 Å². The molecule has 0 aromatic heterocycles. The average Bonchev–Trinajstić information content (AvgIpc) is 2.71. The van der Waals surface area contributed by atoms with Crippen molar-refractivity contribution >= 4 is 23.4 Å². The minimum absolute atomic E-state index is 0.0267. The third-order valence-electron chi connectivity index (χ3n) is 4.95. The first-order chi connectivity index (χ1) is 13.9. The van der Waals surface area contributed by atoms with Gasteiger partial charge < -0.3 is 20.1 Å². The van der Waals surface area contributed by atoms with Crippen molar-refractivity contribution in [2.24, 2.45) is 0 Å². The van der Waals surface area contributed by atoms with Crippen LogP contribution in [0, 0.1) is 0 Å². The van der Waals surface area contributed by atoms with E-state index in [0.29, 0.717) is 43.1 Å². The lowest BCUT2D eigenvalue weighted by Crippen LogP contribution is -2.49. The van der Waals surface area contributed by atoms with Crippen LogP contribution in [0.3, 0.4) is 0 Å². The number of nitrogens with one attached hydrogen (secondary N) is 1. The van der Waals surface area contributed by atoms with Gasteiger partial charge in [-0.1, -0.05) is 23.7 Å². The molecule has 0 spiro atoms. The lowest BCUT2D eigenvalue weighted by molar-refractivity contribution is -0.139. The highest BCUT2D eigenvalue weighted by molar-refractivity contribution is 6.30. The molecular formula is C22H25ClN2O4. The molecule has 0 saturated carbocycles. The number of likely N-dealkylation sites (tertiary alicyclic amines) is 1. The van der Waals surface area contributed by atoms with Crippen molar-refractivity contribution < 1.29 is 19.4 Å². The number of aromatic hydroxyl groups is 1. The zero-order chi connectivity index (χ0) is 20.8. The highest BCUT2D eigenvalue weighted by Gasteiger charge is 2.27. The Morgan fingerprint density at radius 1 is 1.14 bits per heavy atom. The van der Waals surface area contributed by atoms with Crippen LogP contribution in [-0.4, -0.2) is 47.1 Å². The van der Waals surface area contributed by atoms with Crippen LogP contribution in [0.5, 0.6) is 11.5 Å². The second-order valence-corrected chi connectivity index (χ2v) is 7.66. The van der Waals surface area contributed by atoms with Gasteiger partial charge in [-0.05, 0) is 61.7 Å². The van der Waals surface area contributed by atoms with Crippen molar-refractivity contribution in [3.63, 3.8) is 0 Å². The largest absolute Gasteiger partial charge is 0.508 e. The van der Waals surface area contributed by atoms with Gasteiger partial charge in [-0.2, -0.15) is 0 Å². The Morgan fingerprint density at radius 2 is 1.76 bits per heavy atom. The lowest BCUT2D eigenvalue weighted by Gasteiger charge is -2.33. The lowest BCUT2D eigenvalue weighted by atomic mass is 10.0. The summed E-state index contributed by atoms with van der Waals surface area (Å²) in [5, 5.41) is 13.0. The maximum Gasteiger partial charge on any atom is 0.263 e. The summed E-state index contributed by atoms with van der Waals surface area (Å²) < 4.78 is 5.67. The molecule has 1 aliphatic heterocycles. The van der Waals surface area contributed by atoms with Crippen LogP contribution in [0.2, 0.25) is 5.02 Å². The van der Waals surface area contributed by atoms with Crippen molar-refractivity contribution in [2.45, 2.75) is 38.3 Å². The Hall–Kier alpha value is -2.73. The monoisotopic (exact) mass is 416 g/mol. The number of amides is 2. The van der Waals surface area contributed by atoms with Gasteiger partial charge in [0.25, 0.3) is 5.91 Å². The molecule has 0 bridgehead atoms. The van der Waals surface area contributed by atoms with Gasteiger partial charge in [0.1, 0.15) is 11.5 Å². The predicted octanol–water partition coefficient (Wildman–Crippen LogP) is 3.16. The van der Waals surface area contributed by atoms with Gasteiger partial charge in [0.05, 0.1) is 6.42 Å². The number of phenols is 1. The fraction of sp³-hybridized carbons (Fsp3) is 0.364. The first-order valence-electron chi connectivity index (χ1n) is 9.69. The van der Waals surface area contributed by atoms with E-state index in [2.05, 4.69) is 5.32 Å². The molecule has 0 aliphatic carbocycles. The summed E-state index contributed by atoms with van der Waals surface area (Å²) in [5.41, 5.74) is 0.916. The molecule has 2 aromatic carbocycles. The number of hydrogen-bond acceptors (Lipinski definition) is 4. The first-order valence-corrected chi connectivity index (χ1v) is 10.1. The number of hydrogen-bond donors (Lipinski definition) is 2. The predicted molar refractivity (Wildman–Crippen MR) is 111 cm³/mol. The molecule has 1 aliphatic rings. The Morgan fingerprint density at radius 3 is 2.38 bits per heavy atom. The SMILES string of the molecule is CC(Oc1ccc(O)cc1)C(=O)N1CCC(NC(=O)Cc2ccc(Cl)cc2)CC1. The number of phenolic OH excluding ortho intramolecular Hbond substituents is 1. The maximum atomic E-state index is 12.6. The molecule has 1 fully saturated rings. The van der Waals surface area contributed by atoms with Gasteiger partial charge in [0.2, 0.25) is 5.91 Å². The third kappa shape index (κ3) is 6.12. The minimum Gasteiger partial charge on any atom is -0.508 e. The standard InChI is InChI=1S/C22H25ClN2O4/c1-15(29-20-8-6-19(26)7-9-20)22(28)25-12-10-18(11-13-25)24-21(27)14-16-2-4-17(23)5-3-16/h2-9,15,18,26H,10-14H2,1H3,(H,24,27). The topological polar surface area (TPSA) is 78.9 Å². The van der Waals surface area contributed by atoms with Gasteiger partial charge in [0, 0.05) is 24.2 Å². The number of halogens is 1. The second-order valence-electron chi connectivity index (χ2n) is 7.22. The Balaban J connectivity index is 1.43. The second kappa shape index (κ2) is 9.65. The number of nitrogens with zero attached hydrogens (tertiary/aromatic N) is 1. The van der Waals surface area contributed by atoms with E-state index >= 15 is 0 Å². The van der Waals surface area contributed by atoms with Gasteiger partial charge >= 0.3 is 0 Å². The van der Waals surface area contributed by atoms with Gasteiger partial charge in [0.15, 0.2) is 6.10 Å². The minimum atomic E-state index is -0.615. The summed E-state index contributed by atoms with van der Waals surface area (Å²) in [6.45, 7) is 2.87. The van der Waals surface area contributed by atoms with Gasteiger partial charge in [-0.25, -0.2) is 0 Å². The molecule has 7 heteroatoms. The van der Waals surface area contributed by atoms with Crippen molar-refractivity contribution in [2.75, 3.05) is 13.1 Å². The van der Waals surface area contributed by atoms with E-state index in [1.165, 1.54) is 12.1 Å². The summed E-state index contributed by atoms with van der Waals surface area (Å²) in [5.74, 6) is 0.578.